The van der Waals surface area contributed by atoms with Gasteiger partial charge in [0, 0.05) is 6.08 Å². The van der Waals surface area contributed by atoms with E-state index in [1.165, 1.54) is 0 Å². The number of unbranched alkanes of at least 4 members (excludes halogenated alkanes) is 1. The summed E-state index contributed by atoms with van der Waals surface area (Å²) >= 11 is 0. The van der Waals surface area contributed by atoms with E-state index in [1.54, 1.807) is 54.6 Å². The highest BCUT2D eigenvalue weighted by molar-refractivity contribution is 5.93. The number of ether oxygens (including phenoxy) is 4. The Hall–Kier alpha value is -4.39. The van der Waals surface area contributed by atoms with Gasteiger partial charge in [0.1, 0.15) is 17.2 Å². The summed E-state index contributed by atoms with van der Waals surface area (Å²) in [5.41, 5.74) is 2.66. The van der Waals surface area contributed by atoms with Crippen LogP contribution in [-0.4, -0.2) is 31.1 Å². The van der Waals surface area contributed by atoms with E-state index < -0.39 is 17.9 Å². The van der Waals surface area contributed by atoms with E-state index >= 15 is 0 Å². The first kappa shape index (κ1) is 27.2. The number of hydrogen-bond donors (Lipinski definition) is 0. The van der Waals surface area contributed by atoms with Gasteiger partial charge in [0.25, 0.3) is 0 Å². The second-order valence-electron chi connectivity index (χ2n) is 8.21. The van der Waals surface area contributed by atoms with E-state index in [0.717, 1.165) is 23.6 Å². The average Bonchev–Trinajstić information content (AvgIpc) is 2.91. The zero-order chi connectivity index (χ0) is 26.6. The molecule has 192 valence electrons. The lowest BCUT2D eigenvalue weighted by Gasteiger charge is -2.11. The van der Waals surface area contributed by atoms with Gasteiger partial charge in [-0.15, -0.1) is 0 Å². The maximum absolute atomic E-state index is 12.6. The molecule has 3 rings (SSSR count). The Balaban J connectivity index is 1.48. The smallest absolute Gasteiger partial charge is 0.343 e. The molecule has 0 spiro atoms. The van der Waals surface area contributed by atoms with E-state index in [4.69, 9.17) is 18.9 Å². The fraction of sp³-hybridized carbons (Fsp3) is 0.233. The van der Waals surface area contributed by atoms with Crippen molar-refractivity contribution >= 4 is 17.9 Å². The van der Waals surface area contributed by atoms with Crippen LogP contribution < -0.4 is 14.2 Å². The van der Waals surface area contributed by atoms with Crippen molar-refractivity contribution < 1.29 is 33.3 Å². The predicted molar refractivity (Wildman–Crippen MR) is 139 cm³/mol. The Morgan fingerprint density at radius 2 is 1.35 bits per heavy atom. The maximum atomic E-state index is 12.6. The number of carbonyl (C=O) groups is 3. The molecule has 7 nitrogen and oxygen atoms in total. The Morgan fingerprint density at radius 3 is 1.95 bits per heavy atom. The molecule has 0 atom stereocenters. The summed E-state index contributed by atoms with van der Waals surface area (Å²) in [6.45, 7) is 8.01. The number of carbonyl (C=O) groups excluding carboxylic acids is 3. The fourth-order valence-corrected chi connectivity index (χ4v) is 3.34. The molecule has 7 heteroatoms. The summed E-state index contributed by atoms with van der Waals surface area (Å²) in [5, 5.41) is 0. The number of benzene rings is 3. The molecular weight excluding hydrogens is 472 g/mol. The molecule has 0 bridgehead atoms. The predicted octanol–water partition coefficient (Wildman–Crippen LogP) is 5.88. The molecule has 3 aromatic rings. The van der Waals surface area contributed by atoms with Crippen molar-refractivity contribution in [2.45, 2.75) is 33.1 Å². The molecule has 37 heavy (non-hydrogen) atoms. The molecule has 0 heterocycles. The van der Waals surface area contributed by atoms with Crippen LogP contribution in [0.3, 0.4) is 0 Å². The van der Waals surface area contributed by atoms with Crippen molar-refractivity contribution in [2.75, 3.05) is 13.2 Å². The maximum Gasteiger partial charge on any atom is 0.343 e. The fourth-order valence-electron chi connectivity index (χ4n) is 3.34. The summed E-state index contributed by atoms with van der Waals surface area (Å²) in [5.74, 6) is -0.0207. The summed E-state index contributed by atoms with van der Waals surface area (Å²) in [7, 11) is 0. The quantitative estimate of drug-likeness (QED) is 0.132. The summed E-state index contributed by atoms with van der Waals surface area (Å²) in [4.78, 5) is 36.0. The molecule has 0 saturated carbocycles. The van der Waals surface area contributed by atoms with E-state index in [2.05, 4.69) is 13.5 Å². The molecule has 0 unspecified atom stereocenters. The third-order valence-electron chi connectivity index (χ3n) is 5.46. The first-order valence-electron chi connectivity index (χ1n) is 12.1. The minimum atomic E-state index is -0.523. The minimum Gasteiger partial charge on any atom is -0.493 e. The largest absolute Gasteiger partial charge is 0.493 e. The van der Waals surface area contributed by atoms with E-state index in [0.29, 0.717) is 54.4 Å². The molecule has 0 saturated heterocycles. The Kier molecular flexibility index (Phi) is 10.0. The minimum absolute atomic E-state index is 0.309. The van der Waals surface area contributed by atoms with Gasteiger partial charge >= 0.3 is 17.9 Å². The first-order chi connectivity index (χ1) is 17.9. The van der Waals surface area contributed by atoms with Gasteiger partial charge in [0.15, 0.2) is 0 Å². The topological polar surface area (TPSA) is 88.1 Å². The van der Waals surface area contributed by atoms with E-state index in [9.17, 15) is 14.4 Å². The van der Waals surface area contributed by atoms with Crippen LogP contribution in [0.2, 0.25) is 0 Å². The van der Waals surface area contributed by atoms with Gasteiger partial charge in [-0.1, -0.05) is 25.6 Å². The number of hydrogen-bond acceptors (Lipinski definition) is 7. The Bertz CT molecular complexity index is 1230. The summed E-state index contributed by atoms with van der Waals surface area (Å²) in [6, 6.07) is 18.6. The lowest BCUT2D eigenvalue weighted by atomic mass is 10.1. The Labute approximate surface area is 216 Å². The van der Waals surface area contributed by atoms with Gasteiger partial charge in [0.05, 0.1) is 24.3 Å². The average molecular weight is 503 g/mol. The van der Waals surface area contributed by atoms with Crippen molar-refractivity contribution in [2.24, 2.45) is 0 Å². The highest BCUT2D eigenvalue weighted by atomic mass is 16.5. The molecule has 0 aliphatic heterocycles. The standard InChI is InChI=1S/C30H30O7/c1-4-22-8-13-25(14-9-22)36-29(32)23-10-15-26(16-11-23)37-30(33)24-12-17-27(21(3)20-24)34-18-6-7-19-35-28(31)5-2/h5,8-17,20H,2,4,6-7,18-19H2,1,3H3. The van der Waals surface area contributed by atoms with Crippen LogP contribution in [0.4, 0.5) is 0 Å². The third kappa shape index (κ3) is 8.35. The zero-order valence-corrected chi connectivity index (χ0v) is 21.0. The summed E-state index contributed by atoms with van der Waals surface area (Å²) < 4.78 is 21.5. The van der Waals surface area contributed by atoms with Gasteiger partial charge in [-0.05, 0) is 91.9 Å². The van der Waals surface area contributed by atoms with Gasteiger partial charge < -0.3 is 18.9 Å². The molecule has 0 N–H and O–H groups in total. The molecule has 0 aliphatic rings. The van der Waals surface area contributed by atoms with Crippen molar-refractivity contribution in [3.63, 3.8) is 0 Å². The van der Waals surface area contributed by atoms with Gasteiger partial charge in [0.2, 0.25) is 0 Å². The highest BCUT2D eigenvalue weighted by Gasteiger charge is 2.13. The molecule has 0 aliphatic carbocycles. The number of esters is 3. The van der Waals surface area contributed by atoms with Gasteiger partial charge in [-0.25, -0.2) is 14.4 Å². The highest BCUT2D eigenvalue weighted by Crippen LogP contribution is 2.22. The molecular formula is C30H30O7. The van der Waals surface area contributed by atoms with Crippen molar-refractivity contribution in [1.82, 2.24) is 0 Å². The molecule has 0 amide bonds. The molecule has 3 aromatic carbocycles. The van der Waals surface area contributed by atoms with Crippen molar-refractivity contribution in [3.05, 3.63) is 102 Å². The van der Waals surface area contributed by atoms with Crippen molar-refractivity contribution in [1.29, 1.82) is 0 Å². The van der Waals surface area contributed by atoms with E-state index in [-0.39, 0.29) is 0 Å². The van der Waals surface area contributed by atoms with Gasteiger partial charge in [-0.2, -0.15) is 0 Å². The SMILES string of the molecule is C=CC(=O)OCCCCOc1ccc(C(=O)Oc2ccc(C(=O)Oc3ccc(CC)cc3)cc2)cc1C. The molecule has 0 aromatic heterocycles. The van der Waals surface area contributed by atoms with Crippen LogP contribution >= 0.6 is 0 Å². The lowest BCUT2D eigenvalue weighted by Crippen LogP contribution is -2.11. The van der Waals surface area contributed by atoms with Crippen LogP contribution in [0.5, 0.6) is 17.2 Å². The first-order valence-corrected chi connectivity index (χ1v) is 12.1. The van der Waals surface area contributed by atoms with Crippen LogP contribution in [0.25, 0.3) is 0 Å². The van der Waals surface area contributed by atoms with E-state index in [1.807, 2.05) is 19.1 Å². The summed E-state index contributed by atoms with van der Waals surface area (Å²) in [6.07, 6.45) is 3.42. The third-order valence-corrected chi connectivity index (χ3v) is 5.46. The molecule has 0 radical (unpaired) electrons. The number of aryl methyl sites for hydroxylation is 2. The Morgan fingerprint density at radius 1 is 0.784 bits per heavy atom. The zero-order valence-electron chi connectivity index (χ0n) is 21.0. The van der Waals surface area contributed by atoms with Crippen LogP contribution in [0, 0.1) is 6.92 Å². The monoisotopic (exact) mass is 502 g/mol. The van der Waals surface area contributed by atoms with Crippen LogP contribution in [0.15, 0.2) is 79.4 Å². The van der Waals surface area contributed by atoms with Crippen LogP contribution in [0.1, 0.15) is 51.6 Å². The lowest BCUT2D eigenvalue weighted by molar-refractivity contribution is -0.137. The second-order valence-corrected chi connectivity index (χ2v) is 8.21. The molecule has 0 fully saturated rings. The normalized spacial score (nSPS) is 10.3. The second kappa shape index (κ2) is 13.6. The number of rotatable bonds is 12. The van der Waals surface area contributed by atoms with Crippen LogP contribution in [-0.2, 0) is 16.0 Å². The van der Waals surface area contributed by atoms with Gasteiger partial charge in [-0.3, -0.25) is 0 Å². The van der Waals surface area contributed by atoms with Crippen molar-refractivity contribution in [3.8, 4) is 17.2 Å².